The summed E-state index contributed by atoms with van der Waals surface area (Å²) < 4.78 is 0. The van der Waals surface area contributed by atoms with Gasteiger partial charge in [-0.2, -0.15) is 0 Å². The van der Waals surface area contributed by atoms with Gasteiger partial charge in [-0.3, -0.25) is 0 Å². The number of aliphatic hydroxyl groups excluding tert-OH is 1. The molecule has 2 rings (SSSR count). The molecule has 1 atom stereocenters. The second-order valence-corrected chi connectivity index (χ2v) is 4.69. The van der Waals surface area contributed by atoms with E-state index in [1.165, 1.54) is 24.0 Å². The molecule has 1 aliphatic rings. The van der Waals surface area contributed by atoms with Gasteiger partial charge < -0.3 is 10.8 Å². The van der Waals surface area contributed by atoms with Crippen molar-refractivity contribution in [2.45, 2.75) is 37.7 Å². The summed E-state index contributed by atoms with van der Waals surface area (Å²) in [4.78, 5) is 0. The number of rotatable bonds is 4. The molecule has 1 aliphatic carbocycles. The molecule has 0 spiro atoms. The molecule has 0 aromatic heterocycles. The smallest absolute Gasteiger partial charge is 0.0552 e. The lowest BCUT2D eigenvalue weighted by molar-refractivity contribution is 0.195. The van der Waals surface area contributed by atoms with Crippen molar-refractivity contribution < 1.29 is 5.11 Å². The Bertz CT molecular complexity index is 342. The molecule has 0 saturated heterocycles. The third-order valence-corrected chi connectivity index (χ3v) is 3.35. The van der Waals surface area contributed by atoms with Crippen LogP contribution in [0.25, 0.3) is 0 Å². The second kappa shape index (κ2) is 3.95. The first-order chi connectivity index (χ1) is 7.18. The van der Waals surface area contributed by atoms with Crippen LogP contribution >= 0.6 is 0 Å². The number of benzene rings is 1. The summed E-state index contributed by atoms with van der Waals surface area (Å²) in [5.74, 6) is 0. The van der Waals surface area contributed by atoms with Crippen LogP contribution in [0.4, 0.5) is 0 Å². The van der Waals surface area contributed by atoms with Crippen LogP contribution in [0, 0.1) is 0 Å². The van der Waals surface area contributed by atoms with Crippen molar-refractivity contribution >= 4 is 0 Å². The summed E-state index contributed by atoms with van der Waals surface area (Å²) >= 11 is 0. The zero-order valence-electron chi connectivity index (χ0n) is 9.24. The molecule has 15 heavy (non-hydrogen) atoms. The van der Waals surface area contributed by atoms with E-state index in [1.807, 2.05) is 13.0 Å². The average Bonchev–Trinajstić information content (AvgIpc) is 2.98. The molecule has 2 heteroatoms. The minimum Gasteiger partial charge on any atom is -0.393 e. The highest BCUT2D eigenvalue weighted by atomic mass is 16.3. The van der Waals surface area contributed by atoms with Crippen molar-refractivity contribution in [2.24, 2.45) is 5.73 Å². The number of hydrogen-bond acceptors (Lipinski definition) is 2. The summed E-state index contributed by atoms with van der Waals surface area (Å²) in [7, 11) is 0. The van der Waals surface area contributed by atoms with E-state index in [0.29, 0.717) is 0 Å². The summed E-state index contributed by atoms with van der Waals surface area (Å²) in [6.45, 7) is 2.56. The van der Waals surface area contributed by atoms with Crippen LogP contribution in [0.5, 0.6) is 0 Å². The van der Waals surface area contributed by atoms with Crippen LogP contribution in [0.15, 0.2) is 24.3 Å². The molecule has 82 valence electrons. The van der Waals surface area contributed by atoms with Gasteiger partial charge >= 0.3 is 0 Å². The first-order valence-corrected chi connectivity index (χ1v) is 5.64. The normalized spacial score (nSPS) is 19.9. The topological polar surface area (TPSA) is 46.2 Å². The predicted octanol–water partition coefficient (Wildman–Crippen LogP) is 1.60. The molecular weight excluding hydrogens is 186 g/mol. The summed E-state index contributed by atoms with van der Waals surface area (Å²) in [5, 5.41) is 9.46. The maximum Gasteiger partial charge on any atom is 0.0552 e. The van der Waals surface area contributed by atoms with E-state index >= 15 is 0 Å². The highest BCUT2D eigenvalue weighted by Crippen LogP contribution is 2.48. The van der Waals surface area contributed by atoms with Crippen LogP contribution in [0.2, 0.25) is 0 Å². The van der Waals surface area contributed by atoms with Gasteiger partial charge in [-0.05, 0) is 37.3 Å². The highest BCUT2D eigenvalue weighted by Gasteiger charge is 2.43. The Morgan fingerprint density at radius 1 is 1.40 bits per heavy atom. The molecule has 0 bridgehead atoms. The van der Waals surface area contributed by atoms with Crippen molar-refractivity contribution in [3.8, 4) is 0 Å². The van der Waals surface area contributed by atoms with Gasteiger partial charge in [-0.15, -0.1) is 0 Å². The molecule has 2 nitrogen and oxygen atoms in total. The van der Waals surface area contributed by atoms with Gasteiger partial charge in [0.05, 0.1) is 6.10 Å². The van der Waals surface area contributed by atoms with Gasteiger partial charge in [0, 0.05) is 12.0 Å². The van der Waals surface area contributed by atoms with Gasteiger partial charge in [-0.25, -0.2) is 0 Å². The highest BCUT2D eigenvalue weighted by molar-refractivity contribution is 5.39. The summed E-state index contributed by atoms with van der Waals surface area (Å²) in [6.07, 6.45) is 2.85. The molecular formula is C13H19NO. The quantitative estimate of drug-likeness (QED) is 0.784. The fourth-order valence-corrected chi connectivity index (χ4v) is 2.27. The Kier molecular flexibility index (Phi) is 2.81. The molecule has 1 aromatic rings. The van der Waals surface area contributed by atoms with E-state index in [1.54, 1.807) is 0 Å². The fourth-order valence-electron chi connectivity index (χ4n) is 2.27. The largest absolute Gasteiger partial charge is 0.393 e. The van der Waals surface area contributed by atoms with Gasteiger partial charge in [0.15, 0.2) is 0 Å². The van der Waals surface area contributed by atoms with Crippen molar-refractivity contribution in [3.05, 3.63) is 35.4 Å². The lowest BCUT2D eigenvalue weighted by Gasteiger charge is -2.18. The van der Waals surface area contributed by atoms with Crippen molar-refractivity contribution in [3.63, 3.8) is 0 Å². The van der Waals surface area contributed by atoms with Crippen LogP contribution in [0.1, 0.15) is 30.9 Å². The Morgan fingerprint density at radius 3 is 2.60 bits per heavy atom. The van der Waals surface area contributed by atoms with Crippen LogP contribution in [0.3, 0.4) is 0 Å². The standard InChI is InChI=1S/C13H19NO/c1-10(15)8-11-4-2-3-5-12(11)13(9-14)6-7-13/h2-5,10,15H,6-9,14H2,1H3. The van der Waals surface area contributed by atoms with E-state index in [2.05, 4.69) is 18.2 Å². The number of hydrogen-bond donors (Lipinski definition) is 2. The maximum absolute atomic E-state index is 9.46. The van der Waals surface area contributed by atoms with Gasteiger partial charge in [0.25, 0.3) is 0 Å². The van der Waals surface area contributed by atoms with Crippen molar-refractivity contribution in [2.75, 3.05) is 6.54 Å². The third kappa shape index (κ3) is 2.06. The zero-order chi connectivity index (χ0) is 10.9. The van der Waals surface area contributed by atoms with Gasteiger partial charge in [0.1, 0.15) is 0 Å². The van der Waals surface area contributed by atoms with Gasteiger partial charge in [0.2, 0.25) is 0 Å². The molecule has 0 aliphatic heterocycles. The average molecular weight is 205 g/mol. The summed E-state index contributed by atoms with van der Waals surface area (Å²) in [5.41, 5.74) is 8.68. The third-order valence-electron chi connectivity index (χ3n) is 3.35. The van der Waals surface area contributed by atoms with E-state index < -0.39 is 0 Å². The van der Waals surface area contributed by atoms with Crippen LogP contribution in [-0.2, 0) is 11.8 Å². The number of nitrogens with two attached hydrogens (primary N) is 1. The Morgan fingerprint density at radius 2 is 2.07 bits per heavy atom. The molecule has 0 amide bonds. The first kappa shape index (κ1) is 10.7. The molecule has 1 unspecified atom stereocenters. The minimum absolute atomic E-state index is 0.228. The maximum atomic E-state index is 9.46. The molecule has 0 radical (unpaired) electrons. The molecule has 1 fully saturated rings. The lowest BCUT2D eigenvalue weighted by Crippen LogP contribution is -2.22. The van der Waals surface area contributed by atoms with Gasteiger partial charge in [-0.1, -0.05) is 24.3 Å². The van der Waals surface area contributed by atoms with Crippen LogP contribution in [-0.4, -0.2) is 17.8 Å². The van der Waals surface area contributed by atoms with E-state index in [-0.39, 0.29) is 11.5 Å². The zero-order valence-corrected chi connectivity index (χ0v) is 9.24. The van der Waals surface area contributed by atoms with Crippen molar-refractivity contribution in [1.29, 1.82) is 0 Å². The monoisotopic (exact) mass is 205 g/mol. The second-order valence-electron chi connectivity index (χ2n) is 4.69. The Balaban J connectivity index is 2.30. The molecule has 3 N–H and O–H groups in total. The number of aliphatic hydroxyl groups is 1. The van der Waals surface area contributed by atoms with E-state index in [0.717, 1.165) is 13.0 Å². The van der Waals surface area contributed by atoms with E-state index in [9.17, 15) is 5.11 Å². The Hall–Kier alpha value is -0.860. The lowest BCUT2D eigenvalue weighted by atomic mass is 9.89. The SMILES string of the molecule is CC(O)Cc1ccccc1C1(CN)CC1. The molecule has 1 saturated carbocycles. The summed E-state index contributed by atoms with van der Waals surface area (Å²) in [6, 6.07) is 8.37. The van der Waals surface area contributed by atoms with Crippen LogP contribution < -0.4 is 5.73 Å². The van der Waals surface area contributed by atoms with Crippen molar-refractivity contribution in [1.82, 2.24) is 0 Å². The first-order valence-electron chi connectivity index (χ1n) is 5.64. The minimum atomic E-state index is -0.278. The molecule has 0 heterocycles. The Labute approximate surface area is 91.1 Å². The fraction of sp³-hybridized carbons (Fsp3) is 0.538. The molecule has 1 aromatic carbocycles. The van der Waals surface area contributed by atoms with E-state index in [4.69, 9.17) is 5.73 Å². The predicted molar refractivity (Wildman–Crippen MR) is 61.8 cm³/mol.